The molecule has 0 nitrogen and oxygen atoms in total. The summed E-state index contributed by atoms with van der Waals surface area (Å²) in [5.74, 6) is 0. The zero-order valence-electron chi connectivity index (χ0n) is 58.0. The van der Waals surface area contributed by atoms with Crippen LogP contribution in [0.15, 0.2) is 374 Å². The van der Waals surface area contributed by atoms with Crippen molar-refractivity contribution >= 4 is 76.4 Å². The van der Waals surface area contributed by atoms with E-state index in [0.717, 1.165) is 0 Å². The van der Waals surface area contributed by atoms with E-state index in [9.17, 15) is 0 Å². The Morgan fingerprint density at radius 1 is 0.184 bits per heavy atom. The lowest BCUT2D eigenvalue weighted by atomic mass is 9.68. The molecule has 20 rings (SSSR count). The van der Waals surface area contributed by atoms with Crippen LogP contribution in [-0.2, 0) is 10.8 Å². The molecule has 2 aliphatic carbocycles. The Bertz CT molecular complexity index is 6330. The van der Waals surface area contributed by atoms with Gasteiger partial charge in [0, 0.05) is 20.6 Å². The Morgan fingerprint density at radius 3 is 0.922 bits per heavy atom. The lowest BCUT2D eigenvalue weighted by Crippen LogP contribution is -2.23. The first kappa shape index (κ1) is 61.9. The SMILES string of the molecule is CC1(C)c2ccccc2-c2ccc(-c3ccc(-c4c5ccc(-c6ccccc6)cc5c(-c5ccccc5)c5ccc(-c6ccccc6)cc45)cc3)c3cccc1c23.CC1(C)c2ccccc2-c2ccc(-c3ccc(Sc4c5ccccc5c(-c5ccccc5)c5ccccc45)cc3)c3cccc1c23. The predicted molar refractivity (Wildman–Crippen MR) is 442 cm³/mol. The maximum absolute atomic E-state index is 2.41. The van der Waals surface area contributed by atoms with E-state index in [4.69, 9.17) is 0 Å². The summed E-state index contributed by atoms with van der Waals surface area (Å²) >= 11 is 1.87. The van der Waals surface area contributed by atoms with E-state index in [2.05, 4.69) is 392 Å². The second-order valence-electron chi connectivity index (χ2n) is 28.9. The number of hydrogen-bond donors (Lipinski definition) is 0. The molecule has 2 aliphatic rings. The first-order chi connectivity index (χ1) is 50.6. The Hall–Kier alpha value is -12.1. The highest BCUT2D eigenvalue weighted by Gasteiger charge is 2.35. The van der Waals surface area contributed by atoms with Crippen LogP contribution in [0.3, 0.4) is 0 Å². The van der Waals surface area contributed by atoms with Crippen LogP contribution >= 0.6 is 11.8 Å². The van der Waals surface area contributed by atoms with Crippen LogP contribution in [0, 0.1) is 0 Å². The number of hydrogen-bond acceptors (Lipinski definition) is 1. The zero-order valence-corrected chi connectivity index (χ0v) is 58.9. The highest BCUT2D eigenvalue weighted by atomic mass is 32.2. The van der Waals surface area contributed by atoms with Crippen molar-refractivity contribution in [1.82, 2.24) is 0 Å². The number of benzene rings is 18. The highest BCUT2D eigenvalue weighted by molar-refractivity contribution is 7.99. The van der Waals surface area contributed by atoms with Crippen molar-refractivity contribution in [1.29, 1.82) is 0 Å². The molecular weight excluding hydrogens is 1260 g/mol. The zero-order chi connectivity index (χ0) is 68.9. The van der Waals surface area contributed by atoms with Crippen molar-refractivity contribution in [2.45, 2.75) is 48.3 Å². The predicted octanol–water partition coefficient (Wildman–Crippen LogP) is 28.7. The Kier molecular flexibility index (Phi) is 15.0. The molecule has 0 atom stereocenters. The molecule has 0 aliphatic heterocycles. The minimum atomic E-state index is -0.0847. The summed E-state index contributed by atoms with van der Waals surface area (Å²) in [6.07, 6.45) is 0. The summed E-state index contributed by atoms with van der Waals surface area (Å²) in [6.45, 7) is 9.47. The van der Waals surface area contributed by atoms with E-state index in [1.165, 1.54) is 197 Å². The molecule has 0 heterocycles. The molecule has 0 saturated heterocycles. The molecule has 0 fully saturated rings. The normalized spacial score (nSPS) is 13.0. The van der Waals surface area contributed by atoms with Gasteiger partial charge in [-0.1, -0.05) is 379 Å². The second-order valence-corrected chi connectivity index (χ2v) is 29.9. The topological polar surface area (TPSA) is 0 Å². The molecule has 0 bridgehead atoms. The maximum atomic E-state index is 2.41. The molecule has 0 amide bonds. The quantitative estimate of drug-likeness (QED) is 0.130. The smallest absolute Gasteiger partial charge is 0.0279 e. The minimum absolute atomic E-state index is 0.0518. The standard InChI is InChI=1S/C57H40.C45H32S/c1-57(2)52-23-13-12-21-45(52)47-34-33-44(46-22-14-24-53(57)56(46)47)39-25-27-41(28-26-39)55-49-32-30-42(37-15-6-3-7-16-37)35-50(49)54(40-19-10-5-11-20-40)48-31-29-43(36-51(48)55)38-17-8-4-9-18-38;1-45(2)40-21-11-10-15-33(40)37-28-27-32(34-20-12-22-41(45)43(34)37)29-23-25-31(26-24-29)46-44-38-18-8-6-16-35(38)42(30-13-4-3-5-14-30)36-17-7-9-19-39(36)44/h3-36H,1-2H3;3-28H,1-2H3. The van der Waals surface area contributed by atoms with E-state index in [1.54, 1.807) is 0 Å². The van der Waals surface area contributed by atoms with E-state index >= 15 is 0 Å². The second kappa shape index (κ2) is 24.9. The van der Waals surface area contributed by atoms with Crippen molar-refractivity contribution in [3.8, 4) is 100 Å². The van der Waals surface area contributed by atoms with Gasteiger partial charge in [-0.25, -0.2) is 0 Å². The van der Waals surface area contributed by atoms with Gasteiger partial charge in [0.25, 0.3) is 0 Å². The highest BCUT2D eigenvalue weighted by Crippen LogP contribution is 2.54. The average molecular weight is 1330 g/mol. The monoisotopic (exact) mass is 1330 g/mol. The van der Waals surface area contributed by atoms with Gasteiger partial charge in [-0.05, 0) is 211 Å². The van der Waals surface area contributed by atoms with Crippen LogP contribution in [0.2, 0.25) is 0 Å². The van der Waals surface area contributed by atoms with Crippen molar-refractivity contribution < 1.29 is 0 Å². The Labute approximate surface area is 606 Å². The molecule has 0 saturated carbocycles. The summed E-state index contributed by atoms with van der Waals surface area (Å²) in [5.41, 5.74) is 28.3. The average Bonchev–Trinajstić information content (AvgIpc) is 0.733. The van der Waals surface area contributed by atoms with E-state index in [1.807, 2.05) is 11.8 Å². The van der Waals surface area contributed by atoms with Gasteiger partial charge in [-0.2, -0.15) is 0 Å². The number of fused-ring (bicyclic) bond motifs is 8. The molecule has 0 spiro atoms. The molecule has 0 aromatic heterocycles. The molecule has 0 unspecified atom stereocenters. The fourth-order valence-corrected chi connectivity index (χ4v) is 18.5. The minimum Gasteiger partial charge on any atom is -0.0888 e. The summed E-state index contributed by atoms with van der Waals surface area (Å²) in [4.78, 5) is 2.55. The molecule has 18 aromatic carbocycles. The van der Waals surface area contributed by atoms with Crippen LogP contribution in [0.25, 0.3) is 165 Å². The summed E-state index contributed by atoms with van der Waals surface area (Å²) in [5, 5.41) is 15.6. The first-order valence-electron chi connectivity index (χ1n) is 36.0. The van der Waals surface area contributed by atoms with Crippen molar-refractivity contribution in [2.75, 3.05) is 0 Å². The molecule has 0 N–H and O–H groups in total. The lowest BCUT2D eigenvalue weighted by molar-refractivity contribution is 0.645. The molecule has 18 aromatic rings. The van der Waals surface area contributed by atoms with Gasteiger partial charge in [-0.15, -0.1) is 0 Å². The number of rotatable bonds is 9. The van der Waals surface area contributed by atoms with Gasteiger partial charge in [0.1, 0.15) is 0 Å². The van der Waals surface area contributed by atoms with Gasteiger partial charge in [0.15, 0.2) is 0 Å². The Morgan fingerprint density at radius 2 is 0.485 bits per heavy atom. The largest absolute Gasteiger partial charge is 0.0888 e. The molecular formula is C102H72S. The van der Waals surface area contributed by atoms with E-state index in [0.29, 0.717) is 0 Å². The van der Waals surface area contributed by atoms with Crippen molar-refractivity contribution in [3.05, 3.63) is 386 Å². The molecule has 1 heteroatoms. The summed E-state index contributed by atoms with van der Waals surface area (Å²) in [7, 11) is 0. The molecule has 0 radical (unpaired) electrons. The van der Waals surface area contributed by atoms with Crippen molar-refractivity contribution in [3.63, 3.8) is 0 Å². The van der Waals surface area contributed by atoms with Gasteiger partial charge in [0.05, 0.1) is 0 Å². The lowest BCUT2D eigenvalue weighted by Gasteiger charge is -2.35. The molecule has 103 heavy (non-hydrogen) atoms. The van der Waals surface area contributed by atoms with E-state index < -0.39 is 0 Å². The fourth-order valence-electron chi connectivity index (χ4n) is 17.5. The third-order valence-electron chi connectivity index (χ3n) is 22.4. The van der Waals surface area contributed by atoms with Crippen LogP contribution in [0.4, 0.5) is 0 Å². The van der Waals surface area contributed by atoms with Crippen molar-refractivity contribution in [2.24, 2.45) is 0 Å². The first-order valence-corrected chi connectivity index (χ1v) is 36.9. The fraction of sp³-hybridized carbons (Fsp3) is 0.0588. The van der Waals surface area contributed by atoms with E-state index in [-0.39, 0.29) is 10.8 Å². The Balaban J connectivity index is 0.000000145. The maximum Gasteiger partial charge on any atom is 0.0279 e. The van der Waals surface area contributed by atoms with Crippen LogP contribution in [0.1, 0.15) is 49.9 Å². The van der Waals surface area contributed by atoms with Crippen LogP contribution < -0.4 is 0 Å². The van der Waals surface area contributed by atoms with Crippen LogP contribution in [0.5, 0.6) is 0 Å². The summed E-state index contributed by atoms with van der Waals surface area (Å²) in [6, 6.07) is 135. The third kappa shape index (κ3) is 10.3. The van der Waals surface area contributed by atoms with Gasteiger partial charge in [-0.3, -0.25) is 0 Å². The van der Waals surface area contributed by atoms with Crippen LogP contribution in [-0.4, -0.2) is 0 Å². The summed E-state index contributed by atoms with van der Waals surface area (Å²) < 4.78 is 0. The van der Waals surface area contributed by atoms with Gasteiger partial charge >= 0.3 is 0 Å². The van der Waals surface area contributed by atoms with Gasteiger partial charge < -0.3 is 0 Å². The van der Waals surface area contributed by atoms with Gasteiger partial charge in [0.2, 0.25) is 0 Å². The molecule has 486 valence electrons. The third-order valence-corrected chi connectivity index (χ3v) is 23.6.